The summed E-state index contributed by atoms with van der Waals surface area (Å²) >= 11 is 0. The zero-order chi connectivity index (χ0) is 4.99. The molecule has 0 aliphatic carbocycles. The van der Waals surface area contributed by atoms with Crippen molar-refractivity contribution >= 4 is 20.8 Å². The summed E-state index contributed by atoms with van der Waals surface area (Å²) in [5.74, 6) is 0. The number of hydrogen-bond acceptors (Lipinski definition) is 0. The van der Waals surface area contributed by atoms with Gasteiger partial charge in [0.05, 0.1) is 13.8 Å². The highest BCUT2D eigenvalue weighted by Gasteiger charge is 1.93. The smallest absolute Gasteiger partial charge is 0.0843 e. The molecule has 3 heteroatoms. The van der Waals surface area contributed by atoms with E-state index in [-0.39, 0.29) is 0 Å². The van der Waals surface area contributed by atoms with Crippen molar-refractivity contribution in [3.63, 3.8) is 0 Å². The molecular weight excluding hydrogens is 68.5 g/mol. The molecule has 0 rings (SSSR count). The van der Waals surface area contributed by atoms with Crippen LogP contribution in [0, 0.1) is 0 Å². The van der Waals surface area contributed by atoms with Gasteiger partial charge < -0.3 is 0 Å². The SMILES string of the molecule is C[B][B]B(C)C. The average molecular weight is 77.5 g/mol. The van der Waals surface area contributed by atoms with Gasteiger partial charge in [0.25, 0.3) is 0 Å². The lowest BCUT2D eigenvalue weighted by molar-refractivity contribution is 2.10. The van der Waals surface area contributed by atoms with E-state index in [1.165, 1.54) is 0 Å². The van der Waals surface area contributed by atoms with E-state index in [2.05, 4.69) is 27.9 Å². The molecule has 0 N–H and O–H groups in total. The Morgan fingerprint density at radius 2 is 1.83 bits per heavy atom. The van der Waals surface area contributed by atoms with Crippen LogP contribution in [0.15, 0.2) is 0 Å². The van der Waals surface area contributed by atoms with Gasteiger partial charge in [0.15, 0.2) is 0 Å². The van der Waals surface area contributed by atoms with E-state index in [1.54, 1.807) is 0 Å². The van der Waals surface area contributed by atoms with Gasteiger partial charge in [-0.2, -0.15) is 0 Å². The summed E-state index contributed by atoms with van der Waals surface area (Å²) in [6.07, 6.45) is 0. The minimum absolute atomic E-state index is 0.718. The number of rotatable bonds is 2. The lowest BCUT2D eigenvalue weighted by atomic mass is 9.10. The second-order valence-corrected chi connectivity index (χ2v) is 1.77. The zero-order valence-corrected chi connectivity index (χ0v) is 4.73. The molecule has 0 atom stereocenters. The van der Waals surface area contributed by atoms with Gasteiger partial charge in [-0.15, -0.1) is 6.82 Å². The zero-order valence-electron chi connectivity index (χ0n) is 4.73. The van der Waals surface area contributed by atoms with Gasteiger partial charge in [-0.3, -0.25) is 0 Å². The third-order valence-corrected chi connectivity index (χ3v) is 0.577. The van der Waals surface area contributed by atoms with Crippen molar-refractivity contribution in [2.45, 2.75) is 20.5 Å². The minimum Gasteiger partial charge on any atom is -0.101 e. The maximum atomic E-state index is 2.17. The Labute approximate surface area is 42.2 Å². The molecule has 0 saturated heterocycles. The molecule has 0 aliphatic rings. The van der Waals surface area contributed by atoms with Gasteiger partial charge >= 0.3 is 0 Å². The predicted octanol–water partition coefficient (Wildman–Crippen LogP) is 0.609. The molecule has 0 aromatic rings. The van der Waals surface area contributed by atoms with Crippen LogP contribution in [0.3, 0.4) is 0 Å². The molecule has 0 saturated carbocycles. The van der Waals surface area contributed by atoms with Crippen molar-refractivity contribution in [2.75, 3.05) is 0 Å². The van der Waals surface area contributed by atoms with E-state index in [0.717, 1.165) is 6.60 Å². The average Bonchev–Trinajstić information content (AvgIpc) is 1.35. The lowest BCUT2D eigenvalue weighted by Crippen LogP contribution is -2.17. The highest BCUT2D eigenvalue weighted by atomic mass is 13.2. The Bertz CT molecular complexity index is 27.2. The maximum absolute atomic E-state index is 2.17. The second-order valence-electron chi connectivity index (χ2n) is 1.77. The second kappa shape index (κ2) is 3.39. The van der Waals surface area contributed by atoms with Crippen molar-refractivity contribution in [2.24, 2.45) is 0 Å². The molecule has 0 aromatic heterocycles. The molecule has 6 heavy (non-hydrogen) atoms. The molecule has 0 aromatic carbocycles. The van der Waals surface area contributed by atoms with Crippen LogP contribution in [-0.2, 0) is 0 Å². The first-order valence-electron chi connectivity index (χ1n) is 2.40. The van der Waals surface area contributed by atoms with E-state index < -0.39 is 0 Å². The topological polar surface area (TPSA) is 0 Å². The van der Waals surface area contributed by atoms with E-state index in [0.29, 0.717) is 0 Å². The summed E-state index contributed by atoms with van der Waals surface area (Å²) in [5, 5.41) is 0. The Hall–Kier alpha value is 0.195. The van der Waals surface area contributed by atoms with E-state index in [9.17, 15) is 0 Å². The predicted molar refractivity (Wildman–Crippen MR) is 34.9 cm³/mol. The van der Waals surface area contributed by atoms with Crippen LogP contribution in [0.4, 0.5) is 0 Å². The highest BCUT2D eigenvalue weighted by Crippen LogP contribution is 1.70. The molecule has 0 spiro atoms. The normalized spacial score (nSPS) is 7.17. The van der Waals surface area contributed by atoms with E-state index in [4.69, 9.17) is 0 Å². The Morgan fingerprint density at radius 3 is 1.83 bits per heavy atom. The molecular formula is C3H9B3. The molecule has 0 amide bonds. The lowest BCUT2D eigenvalue weighted by Gasteiger charge is -1.88. The molecule has 0 bridgehead atoms. The third kappa shape index (κ3) is 4.19. The Morgan fingerprint density at radius 1 is 1.33 bits per heavy atom. The first-order valence-corrected chi connectivity index (χ1v) is 2.40. The quantitative estimate of drug-likeness (QED) is 0.424. The molecule has 2 radical (unpaired) electrons. The molecule has 0 unspecified atom stereocenters. The van der Waals surface area contributed by atoms with Gasteiger partial charge in [0.1, 0.15) is 0 Å². The Balaban J connectivity index is 2.63. The van der Waals surface area contributed by atoms with Crippen LogP contribution < -0.4 is 0 Å². The van der Waals surface area contributed by atoms with Crippen LogP contribution in [0.2, 0.25) is 20.5 Å². The molecule has 0 nitrogen and oxygen atoms in total. The van der Waals surface area contributed by atoms with Crippen molar-refractivity contribution in [1.29, 1.82) is 0 Å². The molecule has 0 fully saturated rings. The fraction of sp³-hybridized carbons (Fsp3) is 1.00. The van der Waals surface area contributed by atoms with Crippen LogP contribution in [0.1, 0.15) is 0 Å². The van der Waals surface area contributed by atoms with E-state index >= 15 is 0 Å². The van der Waals surface area contributed by atoms with Crippen molar-refractivity contribution in [3.8, 4) is 0 Å². The summed E-state index contributed by atoms with van der Waals surface area (Å²) in [5.41, 5.74) is 0. The van der Waals surface area contributed by atoms with Gasteiger partial charge in [-0.1, -0.05) is 13.6 Å². The Kier molecular flexibility index (Phi) is 3.50. The van der Waals surface area contributed by atoms with Crippen LogP contribution >= 0.6 is 0 Å². The van der Waals surface area contributed by atoms with Crippen LogP contribution in [0.5, 0.6) is 0 Å². The first-order chi connectivity index (χ1) is 2.77. The summed E-state index contributed by atoms with van der Waals surface area (Å²) in [7, 11) is 4.24. The van der Waals surface area contributed by atoms with Crippen molar-refractivity contribution in [3.05, 3.63) is 0 Å². The fourth-order valence-corrected chi connectivity index (χ4v) is 0.385. The molecule has 0 aliphatic heterocycles. The highest BCUT2D eigenvalue weighted by molar-refractivity contribution is 7.35. The summed E-state index contributed by atoms with van der Waals surface area (Å²) in [6, 6.07) is 0. The van der Waals surface area contributed by atoms with Gasteiger partial charge in [-0.05, 0) is 0 Å². The third-order valence-electron chi connectivity index (χ3n) is 0.577. The minimum atomic E-state index is 0.718. The van der Waals surface area contributed by atoms with Crippen LogP contribution in [-0.4, -0.2) is 20.8 Å². The maximum Gasteiger partial charge on any atom is 0.0843 e. The van der Waals surface area contributed by atoms with Crippen molar-refractivity contribution < 1.29 is 0 Å². The van der Waals surface area contributed by atoms with E-state index in [1.807, 2.05) is 6.82 Å². The summed E-state index contributed by atoms with van der Waals surface area (Å²) in [4.78, 5) is 0. The number of hydrogen-bond donors (Lipinski definition) is 0. The first kappa shape index (κ1) is 6.19. The van der Waals surface area contributed by atoms with Gasteiger partial charge in [-0.25, -0.2) is 0 Å². The summed E-state index contributed by atoms with van der Waals surface area (Å²) in [6.45, 7) is 7.09. The van der Waals surface area contributed by atoms with Gasteiger partial charge in [0, 0.05) is 7.06 Å². The largest absolute Gasteiger partial charge is 0.101 e. The molecule has 0 heterocycles. The summed E-state index contributed by atoms with van der Waals surface area (Å²) < 4.78 is 0. The standard InChI is InChI=1S/C3H9B3/c1-4-5-6(2)3/h1-3H3. The molecule has 30 valence electrons. The van der Waals surface area contributed by atoms with Gasteiger partial charge in [0.2, 0.25) is 0 Å². The monoisotopic (exact) mass is 78.1 g/mol. The van der Waals surface area contributed by atoms with Crippen molar-refractivity contribution in [1.82, 2.24) is 0 Å². The van der Waals surface area contributed by atoms with Crippen LogP contribution in [0.25, 0.3) is 0 Å². The fourth-order valence-electron chi connectivity index (χ4n) is 0.385.